The third-order valence-corrected chi connectivity index (χ3v) is 6.25. The van der Waals surface area contributed by atoms with Crippen molar-refractivity contribution in [3.8, 4) is 11.5 Å². The highest BCUT2D eigenvalue weighted by Gasteiger charge is 2.16. The molecule has 0 atom stereocenters. The highest BCUT2D eigenvalue weighted by atomic mass is 19.1. The summed E-state index contributed by atoms with van der Waals surface area (Å²) in [7, 11) is 0. The second kappa shape index (κ2) is 12.1. The van der Waals surface area contributed by atoms with Crippen molar-refractivity contribution in [2.75, 3.05) is 11.7 Å². The number of carbonyl (C=O) groups is 2. The van der Waals surface area contributed by atoms with Crippen LogP contribution in [0.3, 0.4) is 0 Å². The van der Waals surface area contributed by atoms with Gasteiger partial charge in [0.05, 0.1) is 13.0 Å². The molecule has 0 fully saturated rings. The zero-order chi connectivity index (χ0) is 27.0. The van der Waals surface area contributed by atoms with Crippen LogP contribution in [0.4, 0.5) is 10.1 Å². The van der Waals surface area contributed by atoms with Crippen molar-refractivity contribution in [2.45, 2.75) is 19.5 Å². The SMILES string of the molecule is O=C(Cc1ccc(N(Cc2cccc(F)c2)C(=O)/C=C/c2ccccc2)cc1)NCc1ccc2c(c1)OCO2. The quantitative estimate of drug-likeness (QED) is 0.288. The Kier molecular flexibility index (Phi) is 7.98. The van der Waals surface area contributed by atoms with Crippen molar-refractivity contribution in [3.05, 3.63) is 131 Å². The first-order valence-corrected chi connectivity index (χ1v) is 12.6. The first-order chi connectivity index (χ1) is 19.0. The number of amides is 2. The van der Waals surface area contributed by atoms with Gasteiger partial charge in [-0.1, -0.05) is 60.7 Å². The molecular formula is C32H27FN2O4. The zero-order valence-electron chi connectivity index (χ0n) is 21.2. The van der Waals surface area contributed by atoms with E-state index in [4.69, 9.17) is 9.47 Å². The Labute approximate surface area is 226 Å². The lowest BCUT2D eigenvalue weighted by atomic mass is 10.1. The van der Waals surface area contributed by atoms with Crippen LogP contribution in [-0.4, -0.2) is 18.6 Å². The number of halogens is 1. The Morgan fingerprint density at radius 2 is 1.59 bits per heavy atom. The topological polar surface area (TPSA) is 67.9 Å². The molecule has 39 heavy (non-hydrogen) atoms. The molecule has 4 aromatic carbocycles. The van der Waals surface area contributed by atoms with Gasteiger partial charge in [0.15, 0.2) is 11.5 Å². The molecule has 4 aromatic rings. The lowest BCUT2D eigenvalue weighted by molar-refractivity contribution is -0.120. The molecule has 1 heterocycles. The summed E-state index contributed by atoms with van der Waals surface area (Å²) in [6.07, 6.45) is 3.45. The molecule has 7 heteroatoms. The van der Waals surface area contributed by atoms with E-state index < -0.39 is 0 Å². The van der Waals surface area contributed by atoms with Gasteiger partial charge in [-0.2, -0.15) is 0 Å². The summed E-state index contributed by atoms with van der Waals surface area (Å²) in [4.78, 5) is 27.4. The van der Waals surface area contributed by atoms with Gasteiger partial charge in [-0.3, -0.25) is 9.59 Å². The number of nitrogens with one attached hydrogen (secondary N) is 1. The Morgan fingerprint density at radius 1 is 0.821 bits per heavy atom. The number of rotatable bonds is 9. The third kappa shape index (κ3) is 6.90. The van der Waals surface area contributed by atoms with Gasteiger partial charge >= 0.3 is 0 Å². The molecule has 6 nitrogen and oxygen atoms in total. The number of ether oxygens (including phenoxy) is 2. The van der Waals surface area contributed by atoms with Crippen LogP contribution in [0.2, 0.25) is 0 Å². The molecule has 0 bridgehead atoms. The summed E-state index contributed by atoms with van der Waals surface area (Å²) in [6, 6.07) is 28.5. The maximum Gasteiger partial charge on any atom is 0.251 e. The molecule has 0 saturated carbocycles. The summed E-state index contributed by atoms with van der Waals surface area (Å²) in [5, 5.41) is 2.92. The Bertz CT molecular complexity index is 1490. The van der Waals surface area contributed by atoms with Gasteiger partial charge in [0.2, 0.25) is 12.7 Å². The van der Waals surface area contributed by atoms with E-state index >= 15 is 0 Å². The number of hydrogen-bond acceptors (Lipinski definition) is 4. The normalized spacial score (nSPS) is 11.9. The molecule has 196 valence electrons. The lowest BCUT2D eigenvalue weighted by Crippen LogP contribution is -2.29. The van der Waals surface area contributed by atoms with Crippen molar-refractivity contribution in [2.24, 2.45) is 0 Å². The van der Waals surface area contributed by atoms with Gasteiger partial charge in [-0.05, 0) is 64.7 Å². The minimum absolute atomic E-state index is 0.126. The van der Waals surface area contributed by atoms with E-state index in [1.165, 1.54) is 18.2 Å². The summed E-state index contributed by atoms with van der Waals surface area (Å²) < 4.78 is 24.5. The van der Waals surface area contributed by atoms with Crippen molar-refractivity contribution in [1.82, 2.24) is 5.32 Å². The molecule has 0 radical (unpaired) electrons. The predicted octanol–water partition coefficient (Wildman–Crippen LogP) is 5.66. The van der Waals surface area contributed by atoms with E-state index in [1.54, 1.807) is 35.2 Å². The average Bonchev–Trinajstić information content (AvgIpc) is 3.43. The lowest BCUT2D eigenvalue weighted by Gasteiger charge is -2.22. The van der Waals surface area contributed by atoms with Gasteiger partial charge in [0.25, 0.3) is 5.91 Å². The fourth-order valence-electron chi connectivity index (χ4n) is 4.23. The van der Waals surface area contributed by atoms with Crippen LogP contribution in [0, 0.1) is 5.82 Å². The molecule has 0 spiro atoms. The number of hydrogen-bond donors (Lipinski definition) is 1. The predicted molar refractivity (Wildman–Crippen MR) is 148 cm³/mol. The van der Waals surface area contributed by atoms with Crippen molar-refractivity contribution >= 4 is 23.6 Å². The molecule has 0 unspecified atom stereocenters. The smallest absolute Gasteiger partial charge is 0.251 e. The van der Waals surface area contributed by atoms with E-state index in [0.717, 1.165) is 16.7 Å². The molecule has 0 aromatic heterocycles. The maximum absolute atomic E-state index is 13.8. The first-order valence-electron chi connectivity index (χ1n) is 12.6. The van der Waals surface area contributed by atoms with Crippen molar-refractivity contribution in [1.29, 1.82) is 0 Å². The molecule has 0 saturated heterocycles. The molecule has 1 aliphatic heterocycles. The molecule has 5 rings (SSSR count). The van der Waals surface area contributed by atoms with E-state index in [-0.39, 0.29) is 37.4 Å². The van der Waals surface area contributed by atoms with Gasteiger partial charge in [0, 0.05) is 18.3 Å². The number of carbonyl (C=O) groups excluding carboxylic acids is 2. The third-order valence-electron chi connectivity index (χ3n) is 6.25. The van der Waals surface area contributed by atoms with Crippen molar-refractivity contribution < 1.29 is 23.5 Å². The maximum atomic E-state index is 13.8. The summed E-state index contributed by atoms with van der Waals surface area (Å²) in [5.74, 6) is 0.650. The van der Waals surface area contributed by atoms with Crippen LogP contribution in [0.5, 0.6) is 11.5 Å². The molecule has 2 amide bonds. The van der Waals surface area contributed by atoms with Crippen LogP contribution in [0.15, 0.2) is 103 Å². The fourth-order valence-corrected chi connectivity index (χ4v) is 4.23. The van der Waals surface area contributed by atoms with E-state index in [0.29, 0.717) is 29.3 Å². The summed E-state index contributed by atoms with van der Waals surface area (Å²) in [5.41, 5.74) is 3.94. The van der Waals surface area contributed by atoms with Crippen LogP contribution in [0.1, 0.15) is 22.3 Å². The Morgan fingerprint density at radius 3 is 2.38 bits per heavy atom. The number of nitrogens with zero attached hydrogens (tertiary/aromatic N) is 1. The van der Waals surface area contributed by atoms with E-state index in [9.17, 15) is 14.0 Å². The second-order valence-electron chi connectivity index (χ2n) is 9.11. The van der Waals surface area contributed by atoms with E-state index in [1.807, 2.05) is 60.7 Å². The standard InChI is InChI=1S/C32H27FN2O4/c33-27-8-4-7-26(17-27)21-35(32(37)16-12-23-5-2-1-3-6-23)28-13-9-24(10-14-28)19-31(36)34-20-25-11-15-29-30(18-25)39-22-38-29/h1-18H,19-22H2,(H,34,36)/b16-12+. The molecule has 1 aliphatic rings. The van der Waals surface area contributed by atoms with Gasteiger partial charge in [0.1, 0.15) is 5.82 Å². The van der Waals surface area contributed by atoms with Crippen LogP contribution < -0.4 is 19.7 Å². The minimum Gasteiger partial charge on any atom is -0.454 e. The Balaban J connectivity index is 1.25. The van der Waals surface area contributed by atoms with Crippen LogP contribution in [-0.2, 0) is 29.1 Å². The summed E-state index contributed by atoms with van der Waals surface area (Å²) >= 11 is 0. The van der Waals surface area contributed by atoms with E-state index in [2.05, 4.69) is 5.32 Å². The Hall–Kier alpha value is -4.91. The largest absolute Gasteiger partial charge is 0.454 e. The average molecular weight is 523 g/mol. The highest BCUT2D eigenvalue weighted by molar-refractivity contribution is 6.03. The summed E-state index contributed by atoms with van der Waals surface area (Å²) in [6.45, 7) is 0.776. The van der Waals surface area contributed by atoms with Crippen LogP contribution in [0.25, 0.3) is 6.08 Å². The molecule has 1 N–H and O–H groups in total. The monoisotopic (exact) mass is 522 g/mol. The fraction of sp³-hybridized carbons (Fsp3) is 0.125. The van der Waals surface area contributed by atoms with Crippen molar-refractivity contribution in [3.63, 3.8) is 0 Å². The molecule has 0 aliphatic carbocycles. The zero-order valence-corrected chi connectivity index (χ0v) is 21.2. The molecular weight excluding hydrogens is 495 g/mol. The van der Waals surface area contributed by atoms with Gasteiger partial charge < -0.3 is 19.7 Å². The number of fused-ring (bicyclic) bond motifs is 1. The highest BCUT2D eigenvalue weighted by Crippen LogP contribution is 2.32. The number of benzene rings is 4. The van der Waals surface area contributed by atoms with Gasteiger partial charge in [-0.15, -0.1) is 0 Å². The van der Waals surface area contributed by atoms with Gasteiger partial charge in [-0.25, -0.2) is 4.39 Å². The minimum atomic E-state index is -0.359. The second-order valence-corrected chi connectivity index (χ2v) is 9.11. The first kappa shape index (κ1) is 25.7. The number of anilines is 1. The van der Waals surface area contributed by atoms with Crippen LogP contribution >= 0.6 is 0 Å².